The number of rotatable bonds is 7. The highest BCUT2D eigenvalue weighted by Crippen LogP contribution is 2.17. The number of carboxylic acid groups (broad SMARTS) is 1. The van der Waals surface area contributed by atoms with Gasteiger partial charge in [0.25, 0.3) is 11.8 Å². The summed E-state index contributed by atoms with van der Waals surface area (Å²) in [5.74, 6) is -1.42. The number of amides is 2. The number of hydrogen-bond donors (Lipinski definition) is 2. The van der Waals surface area contributed by atoms with Crippen LogP contribution in [0.4, 0.5) is 5.69 Å². The van der Waals surface area contributed by atoms with E-state index in [0.717, 1.165) is 6.42 Å². The van der Waals surface area contributed by atoms with E-state index in [2.05, 4.69) is 5.32 Å². The van der Waals surface area contributed by atoms with Crippen LogP contribution in [-0.4, -0.2) is 53.6 Å². The number of aliphatic carboxylic acids is 1. The molecule has 1 heterocycles. The number of nitrogens with one attached hydrogen (secondary N) is 1. The van der Waals surface area contributed by atoms with E-state index >= 15 is 0 Å². The van der Waals surface area contributed by atoms with Crippen molar-refractivity contribution in [3.8, 4) is 0 Å². The van der Waals surface area contributed by atoms with Crippen LogP contribution in [0, 0.1) is 0 Å². The molecule has 1 unspecified atom stereocenters. The van der Waals surface area contributed by atoms with Crippen molar-refractivity contribution in [3.63, 3.8) is 0 Å². The van der Waals surface area contributed by atoms with Crippen LogP contribution in [0.1, 0.15) is 36.5 Å². The van der Waals surface area contributed by atoms with E-state index in [1.54, 1.807) is 31.2 Å². The van der Waals surface area contributed by atoms with Gasteiger partial charge in [0.15, 0.2) is 0 Å². The van der Waals surface area contributed by atoms with E-state index in [-0.39, 0.29) is 24.8 Å². The third-order valence-electron chi connectivity index (χ3n) is 3.86. The summed E-state index contributed by atoms with van der Waals surface area (Å²) in [6.07, 6.45) is 1.02. The highest BCUT2D eigenvalue weighted by molar-refractivity contribution is 5.98. The molecular formula is C17H22N2O5. The normalized spacial score (nSPS) is 16.6. The zero-order valence-corrected chi connectivity index (χ0v) is 13.7. The fourth-order valence-corrected chi connectivity index (χ4v) is 2.55. The number of carbonyl (C=O) groups is 3. The highest BCUT2D eigenvalue weighted by Gasteiger charge is 2.24. The molecule has 0 saturated carbocycles. The Hall–Kier alpha value is -2.41. The SMILES string of the molecule is CCN(CCC(=O)O)C(=O)c1cccc(NC(=O)C2CCCO2)c1. The molecule has 2 rings (SSSR count). The molecule has 0 aromatic heterocycles. The van der Waals surface area contributed by atoms with Gasteiger partial charge in [0.2, 0.25) is 0 Å². The molecular weight excluding hydrogens is 312 g/mol. The van der Waals surface area contributed by atoms with Gasteiger partial charge in [-0.3, -0.25) is 14.4 Å². The molecule has 7 heteroatoms. The lowest BCUT2D eigenvalue weighted by atomic mass is 10.1. The Morgan fingerprint density at radius 1 is 1.38 bits per heavy atom. The van der Waals surface area contributed by atoms with Gasteiger partial charge in [0, 0.05) is 30.9 Å². The van der Waals surface area contributed by atoms with Gasteiger partial charge < -0.3 is 20.1 Å². The van der Waals surface area contributed by atoms with Crippen molar-refractivity contribution in [2.45, 2.75) is 32.3 Å². The lowest BCUT2D eigenvalue weighted by molar-refractivity contribution is -0.137. The van der Waals surface area contributed by atoms with Crippen LogP contribution < -0.4 is 5.32 Å². The van der Waals surface area contributed by atoms with Crippen molar-refractivity contribution < 1.29 is 24.2 Å². The molecule has 0 aliphatic carbocycles. The minimum absolute atomic E-state index is 0.102. The Morgan fingerprint density at radius 2 is 2.17 bits per heavy atom. The van der Waals surface area contributed by atoms with Gasteiger partial charge in [-0.25, -0.2) is 0 Å². The summed E-state index contributed by atoms with van der Waals surface area (Å²) in [5, 5.41) is 11.5. The number of anilines is 1. The lowest BCUT2D eigenvalue weighted by Gasteiger charge is -2.20. The first kappa shape index (κ1) is 17.9. The maximum atomic E-state index is 12.5. The average Bonchev–Trinajstić information content (AvgIpc) is 3.10. The first-order chi connectivity index (χ1) is 11.5. The largest absolute Gasteiger partial charge is 0.481 e. The predicted octanol–water partition coefficient (Wildman–Crippen LogP) is 1.74. The lowest BCUT2D eigenvalue weighted by Crippen LogP contribution is -2.33. The predicted molar refractivity (Wildman–Crippen MR) is 87.9 cm³/mol. The van der Waals surface area contributed by atoms with Crippen LogP contribution in [-0.2, 0) is 14.3 Å². The number of nitrogens with zero attached hydrogens (tertiary/aromatic N) is 1. The highest BCUT2D eigenvalue weighted by atomic mass is 16.5. The Balaban J connectivity index is 2.03. The van der Waals surface area contributed by atoms with Crippen LogP contribution in [0.15, 0.2) is 24.3 Å². The van der Waals surface area contributed by atoms with E-state index in [4.69, 9.17) is 9.84 Å². The fraction of sp³-hybridized carbons (Fsp3) is 0.471. The van der Waals surface area contributed by atoms with E-state index in [1.165, 1.54) is 4.90 Å². The van der Waals surface area contributed by atoms with Crippen LogP contribution >= 0.6 is 0 Å². The molecule has 1 saturated heterocycles. The fourth-order valence-electron chi connectivity index (χ4n) is 2.55. The summed E-state index contributed by atoms with van der Waals surface area (Å²) in [6.45, 7) is 2.95. The summed E-state index contributed by atoms with van der Waals surface area (Å²) >= 11 is 0. The van der Waals surface area contributed by atoms with Gasteiger partial charge in [-0.05, 0) is 38.0 Å². The second-order valence-corrected chi connectivity index (χ2v) is 5.60. The van der Waals surface area contributed by atoms with Crippen molar-refractivity contribution in [3.05, 3.63) is 29.8 Å². The zero-order chi connectivity index (χ0) is 17.5. The quantitative estimate of drug-likeness (QED) is 0.792. The molecule has 130 valence electrons. The molecule has 1 aliphatic heterocycles. The maximum absolute atomic E-state index is 12.5. The zero-order valence-electron chi connectivity index (χ0n) is 13.7. The second kappa shape index (κ2) is 8.44. The molecule has 24 heavy (non-hydrogen) atoms. The first-order valence-electron chi connectivity index (χ1n) is 8.05. The molecule has 2 N–H and O–H groups in total. The van der Waals surface area contributed by atoms with E-state index in [1.807, 2.05) is 0 Å². The van der Waals surface area contributed by atoms with Gasteiger partial charge in [0.1, 0.15) is 6.10 Å². The maximum Gasteiger partial charge on any atom is 0.305 e. The first-order valence-corrected chi connectivity index (χ1v) is 8.05. The summed E-state index contributed by atoms with van der Waals surface area (Å²) in [5.41, 5.74) is 0.933. The van der Waals surface area contributed by atoms with Crippen molar-refractivity contribution in [1.82, 2.24) is 4.90 Å². The molecule has 2 amide bonds. The molecule has 1 aromatic carbocycles. The molecule has 1 aromatic rings. The van der Waals surface area contributed by atoms with Crippen molar-refractivity contribution in [1.29, 1.82) is 0 Å². The summed E-state index contributed by atoms with van der Waals surface area (Å²) < 4.78 is 5.33. The van der Waals surface area contributed by atoms with Crippen LogP contribution in [0.5, 0.6) is 0 Å². The number of hydrogen-bond acceptors (Lipinski definition) is 4. The van der Waals surface area contributed by atoms with Crippen molar-refractivity contribution in [2.75, 3.05) is 25.0 Å². The van der Waals surface area contributed by atoms with E-state index in [9.17, 15) is 14.4 Å². The molecule has 0 radical (unpaired) electrons. The molecule has 1 fully saturated rings. The second-order valence-electron chi connectivity index (χ2n) is 5.60. The topological polar surface area (TPSA) is 95.9 Å². The Bertz CT molecular complexity index is 611. The number of ether oxygens (including phenoxy) is 1. The summed E-state index contributed by atoms with van der Waals surface area (Å²) in [6, 6.07) is 6.63. The number of carbonyl (C=O) groups excluding carboxylic acids is 2. The van der Waals surface area contributed by atoms with E-state index < -0.39 is 12.1 Å². The Morgan fingerprint density at radius 3 is 2.79 bits per heavy atom. The third kappa shape index (κ3) is 4.79. The minimum atomic E-state index is -0.946. The van der Waals surface area contributed by atoms with Crippen LogP contribution in [0.25, 0.3) is 0 Å². The smallest absolute Gasteiger partial charge is 0.305 e. The van der Waals surface area contributed by atoms with Gasteiger partial charge in [-0.15, -0.1) is 0 Å². The summed E-state index contributed by atoms with van der Waals surface area (Å²) in [4.78, 5) is 36.7. The van der Waals surface area contributed by atoms with Gasteiger partial charge >= 0.3 is 5.97 Å². The molecule has 0 spiro atoms. The Kier molecular flexibility index (Phi) is 6.31. The molecule has 1 aliphatic rings. The molecule has 1 atom stereocenters. The van der Waals surface area contributed by atoms with Crippen LogP contribution in [0.2, 0.25) is 0 Å². The monoisotopic (exact) mass is 334 g/mol. The van der Waals surface area contributed by atoms with Gasteiger partial charge in [0.05, 0.1) is 6.42 Å². The third-order valence-corrected chi connectivity index (χ3v) is 3.86. The molecule has 7 nitrogen and oxygen atoms in total. The average molecular weight is 334 g/mol. The van der Waals surface area contributed by atoms with E-state index in [0.29, 0.717) is 30.8 Å². The number of carboxylic acids is 1. The number of benzene rings is 1. The Labute approximate surface area is 140 Å². The van der Waals surface area contributed by atoms with Crippen molar-refractivity contribution >= 4 is 23.5 Å². The summed E-state index contributed by atoms with van der Waals surface area (Å²) in [7, 11) is 0. The molecule has 0 bridgehead atoms. The van der Waals surface area contributed by atoms with Gasteiger partial charge in [-0.2, -0.15) is 0 Å². The van der Waals surface area contributed by atoms with Crippen LogP contribution in [0.3, 0.4) is 0 Å². The minimum Gasteiger partial charge on any atom is -0.481 e. The van der Waals surface area contributed by atoms with Gasteiger partial charge in [-0.1, -0.05) is 6.07 Å². The standard InChI is InChI=1S/C17H22N2O5/c1-2-19(9-8-15(20)21)17(23)12-5-3-6-13(11-12)18-16(22)14-7-4-10-24-14/h3,5-6,11,14H,2,4,7-10H2,1H3,(H,18,22)(H,20,21). The van der Waals surface area contributed by atoms with Crippen molar-refractivity contribution in [2.24, 2.45) is 0 Å².